The van der Waals surface area contributed by atoms with Crippen molar-refractivity contribution in [3.8, 4) is 35.2 Å². The minimum Gasteiger partial charge on any atom is -0.504 e. The van der Waals surface area contributed by atoms with E-state index in [-0.39, 0.29) is 47.4 Å². The monoisotopic (exact) mass is 669 g/mol. The Hall–Kier alpha value is -3.42. The fourth-order valence-corrected chi connectivity index (χ4v) is 8.50. The van der Waals surface area contributed by atoms with Gasteiger partial charge in [0, 0.05) is 44.1 Å². The molecule has 0 aliphatic heterocycles. The summed E-state index contributed by atoms with van der Waals surface area (Å²) in [6.45, 7) is 2.79. The number of hydrogen-bond donors (Lipinski definition) is 3. The molecule has 0 spiro atoms. The van der Waals surface area contributed by atoms with Crippen LogP contribution in [0.15, 0.2) is 23.2 Å². The van der Waals surface area contributed by atoms with Gasteiger partial charge in [0.1, 0.15) is 0 Å². The van der Waals surface area contributed by atoms with Crippen molar-refractivity contribution in [2.75, 3.05) is 13.7 Å². The van der Waals surface area contributed by atoms with Crippen LogP contribution >= 0.6 is 0 Å². The Kier molecular flexibility index (Phi) is 13.9. The number of nitrogens with zero attached hydrogens (tertiary/aromatic N) is 1. The molecule has 5 N–H and O–H groups in total. The molecule has 0 saturated heterocycles. The zero-order valence-electron chi connectivity index (χ0n) is 30.0. The van der Waals surface area contributed by atoms with Gasteiger partial charge in [-0.25, -0.2) is 4.99 Å². The number of carbonyl (C=O) groups excluding carboxylic acids is 1. The highest BCUT2D eigenvalue weighted by Crippen LogP contribution is 2.47. The molecular formula is C42H59N3O4. The quantitative estimate of drug-likeness (QED) is 0.0908. The first-order valence-corrected chi connectivity index (χ1v) is 19.1. The molecule has 7 heteroatoms. The van der Waals surface area contributed by atoms with E-state index in [1.54, 1.807) is 13.2 Å². The Morgan fingerprint density at radius 3 is 2.53 bits per heavy atom. The molecule has 2 fully saturated rings. The lowest BCUT2D eigenvalue weighted by molar-refractivity contribution is -0.114. The molecule has 1 aromatic rings. The van der Waals surface area contributed by atoms with E-state index in [4.69, 9.17) is 20.9 Å². The van der Waals surface area contributed by atoms with E-state index in [9.17, 15) is 9.90 Å². The van der Waals surface area contributed by atoms with Crippen molar-refractivity contribution in [2.24, 2.45) is 40.1 Å². The molecule has 5 aliphatic rings. The highest BCUT2D eigenvalue weighted by molar-refractivity contribution is 5.89. The molecule has 0 radical (unpaired) electrons. The number of ketones is 1. The lowest BCUT2D eigenvalue weighted by Crippen LogP contribution is -2.30. The van der Waals surface area contributed by atoms with Gasteiger partial charge in [0.05, 0.1) is 18.1 Å². The Balaban J connectivity index is 1.58. The van der Waals surface area contributed by atoms with Crippen molar-refractivity contribution in [3.63, 3.8) is 0 Å². The molecular weight excluding hydrogens is 610 g/mol. The number of aliphatic imine (C=N–C) groups is 1. The van der Waals surface area contributed by atoms with Crippen LogP contribution in [0, 0.1) is 47.4 Å². The number of fused-ring (bicyclic) bond motifs is 8. The summed E-state index contributed by atoms with van der Waals surface area (Å²) < 4.78 is 12.5. The van der Waals surface area contributed by atoms with Crippen molar-refractivity contribution in [3.05, 3.63) is 34.9 Å². The Bertz CT molecular complexity index is 1440. The van der Waals surface area contributed by atoms with Crippen LogP contribution in [-0.4, -0.2) is 42.7 Å². The van der Waals surface area contributed by atoms with Crippen LogP contribution in [0.3, 0.4) is 0 Å². The fourth-order valence-electron chi connectivity index (χ4n) is 8.50. The normalized spacial score (nSPS) is 26.2. The number of rotatable bonds is 12. The summed E-state index contributed by atoms with van der Waals surface area (Å²) in [5, 5.41) is 12.2. The number of aryl methyl sites for hydroxylation is 1. The van der Waals surface area contributed by atoms with Crippen LogP contribution in [0.5, 0.6) is 11.5 Å². The lowest BCUT2D eigenvalue weighted by Gasteiger charge is -2.33. The van der Waals surface area contributed by atoms with Crippen molar-refractivity contribution in [2.45, 2.75) is 141 Å². The standard InChI is InChI=1S/C42H59N3O4/c1-29-11-3-7-15-31-21-25-36-32(20-23-34(46)16-8-6-14-30-12-4-5-13-30)27-39(49-35-17-9-10-18-35)41(47)40(36)37(24-19-29)33(28-48-2)22-26-38(31)45-42(43)44/h8,16,27,29-31,33,35,37-38,47H,4-6,9-15,17-20,22-24,26,28H2,1-2H3,(H4,43,44,45)/b16-8+/t29-,31-,33+,37+,38-/m0/s1. The van der Waals surface area contributed by atoms with Gasteiger partial charge in [-0.3, -0.25) is 4.79 Å². The van der Waals surface area contributed by atoms with Gasteiger partial charge in [-0.1, -0.05) is 50.5 Å². The number of aromatic hydroxyl groups is 1. The van der Waals surface area contributed by atoms with Crippen molar-refractivity contribution in [1.82, 2.24) is 0 Å². The second-order valence-corrected chi connectivity index (χ2v) is 15.1. The molecule has 49 heavy (non-hydrogen) atoms. The number of guanidine groups is 1. The van der Waals surface area contributed by atoms with E-state index < -0.39 is 0 Å². The molecule has 0 heterocycles. The molecule has 7 nitrogen and oxygen atoms in total. The molecule has 1 aromatic carbocycles. The van der Waals surface area contributed by atoms with E-state index in [1.807, 2.05) is 6.07 Å². The average Bonchev–Trinajstić information content (AvgIpc) is 3.80. The second kappa shape index (κ2) is 18.5. The zero-order chi connectivity index (χ0) is 34.6. The minimum atomic E-state index is -0.204. The van der Waals surface area contributed by atoms with E-state index >= 15 is 0 Å². The maximum absolute atomic E-state index is 13.2. The third-order valence-corrected chi connectivity index (χ3v) is 11.3. The van der Waals surface area contributed by atoms with Crippen LogP contribution in [0.4, 0.5) is 0 Å². The number of phenolic OH excluding ortho intramolecular Hbond substituents is 1. The SMILES string of the molecule is COC[C@H]1CC[C@H](N=C(N)N)[C@@H]2C#Cc3c(CCC(=O)/C=C/CCC4CCCC4)cc(OC4CCCC4)c(O)c3[C@@H]1CC[C@@H](C)CC#CC2. The third-order valence-electron chi connectivity index (χ3n) is 11.3. The number of allylic oxidation sites excluding steroid dienone is 2. The highest BCUT2D eigenvalue weighted by atomic mass is 16.5. The molecule has 0 unspecified atom stereocenters. The largest absolute Gasteiger partial charge is 0.504 e. The molecule has 0 aromatic heterocycles. The fraction of sp³-hybridized carbons (Fsp3) is 0.667. The Morgan fingerprint density at radius 2 is 1.78 bits per heavy atom. The lowest BCUT2D eigenvalue weighted by atomic mass is 9.74. The number of ether oxygens (including phenoxy) is 2. The van der Waals surface area contributed by atoms with E-state index in [2.05, 4.69) is 41.7 Å². The number of phenols is 1. The predicted molar refractivity (Wildman–Crippen MR) is 197 cm³/mol. The molecule has 6 rings (SSSR count). The van der Waals surface area contributed by atoms with Gasteiger partial charge < -0.3 is 26.0 Å². The number of benzene rings is 1. The maximum Gasteiger partial charge on any atom is 0.186 e. The average molecular weight is 670 g/mol. The molecule has 2 saturated carbocycles. The van der Waals surface area contributed by atoms with Crippen LogP contribution in [0.2, 0.25) is 0 Å². The summed E-state index contributed by atoms with van der Waals surface area (Å²) in [5.41, 5.74) is 14.5. The number of methoxy groups -OCH3 is 1. The van der Waals surface area contributed by atoms with Crippen molar-refractivity contribution in [1.29, 1.82) is 0 Å². The predicted octanol–water partition coefficient (Wildman–Crippen LogP) is 7.71. The van der Waals surface area contributed by atoms with Gasteiger partial charge in [-0.15, -0.1) is 11.8 Å². The summed E-state index contributed by atoms with van der Waals surface area (Å²) in [5.74, 6) is 15.9. The third kappa shape index (κ3) is 10.5. The Labute approximate surface area is 295 Å². The summed E-state index contributed by atoms with van der Waals surface area (Å²) in [6.07, 6.45) is 21.2. The first-order chi connectivity index (χ1) is 23.8. The smallest absolute Gasteiger partial charge is 0.186 e. The summed E-state index contributed by atoms with van der Waals surface area (Å²) in [7, 11) is 1.75. The summed E-state index contributed by atoms with van der Waals surface area (Å²) in [6, 6.07) is 1.76. The van der Waals surface area contributed by atoms with E-state index in [0.717, 1.165) is 86.8 Å². The summed E-state index contributed by atoms with van der Waals surface area (Å²) in [4.78, 5) is 17.9. The van der Waals surface area contributed by atoms with Gasteiger partial charge in [0.2, 0.25) is 0 Å². The first kappa shape index (κ1) is 36.9. The Morgan fingerprint density at radius 1 is 1.02 bits per heavy atom. The van der Waals surface area contributed by atoms with Gasteiger partial charge in [0.15, 0.2) is 23.2 Å². The zero-order valence-corrected chi connectivity index (χ0v) is 30.0. The number of carbonyl (C=O) groups is 1. The van der Waals surface area contributed by atoms with Gasteiger partial charge in [-0.05, 0) is 112 Å². The molecule has 5 aliphatic carbocycles. The van der Waals surface area contributed by atoms with Crippen LogP contribution in [0.25, 0.3) is 0 Å². The van der Waals surface area contributed by atoms with Crippen LogP contribution in [-0.2, 0) is 16.0 Å². The van der Waals surface area contributed by atoms with Crippen molar-refractivity contribution < 1.29 is 19.4 Å². The number of hydrogen-bond acceptors (Lipinski definition) is 5. The molecule has 0 amide bonds. The first-order valence-electron chi connectivity index (χ1n) is 19.1. The number of nitrogens with two attached hydrogens (primary N) is 2. The van der Waals surface area contributed by atoms with Gasteiger partial charge in [-0.2, -0.15) is 0 Å². The molecule has 266 valence electrons. The van der Waals surface area contributed by atoms with Gasteiger partial charge in [0.25, 0.3) is 0 Å². The van der Waals surface area contributed by atoms with Crippen molar-refractivity contribution >= 4 is 11.7 Å². The topological polar surface area (TPSA) is 120 Å². The molecule has 5 atom stereocenters. The minimum absolute atomic E-state index is 0.0334. The van der Waals surface area contributed by atoms with E-state index in [0.29, 0.717) is 37.5 Å². The highest BCUT2D eigenvalue weighted by Gasteiger charge is 2.34. The van der Waals surface area contributed by atoms with Crippen LogP contribution < -0.4 is 16.2 Å². The van der Waals surface area contributed by atoms with Gasteiger partial charge >= 0.3 is 0 Å². The van der Waals surface area contributed by atoms with Crippen LogP contribution in [0.1, 0.15) is 139 Å². The molecule has 2 bridgehead atoms. The second-order valence-electron chi connectivity index (χ2n) is 15.1. The maximum atomic E-state index is 13.2. The van der Waals surface area contributed by atoms with E-state index in [1.165, 1.54) is 32.1 Å². The summed E-state index contributed by atoms with van der Waals surface area (Å²) >= 11 is 0.